The quantitative estimate of drug-likeness (QED) is 0.917. The SMILES string of the molecule is CNC(c1ccc(C(F)(F)F)cc1)C1CCN(C)CC1. The number of likely N-dealkylation sites (tertiary alicyclic amines) is 1. The van der Waals surface area contributed by atoms with Crippen molar-refractivity contribution >= 4 is 0 Å². The van der Waals surface area contributed by atoms with Crippen molar-refractivity contribution in [1.29, 1.82) is 0 Å². The van der Waals surface area contributed by atoms with Gasteiger partial charge in [0.2, 0.25) is 0 Å². The molecule has 1 aromatic rings. The van der Waals surface area contributed by atoms with Gasteiger partial charge < -0.3 is 10.2 Å². The van der Waals surface area contributed by atoms with Crippen LogP contribution in [0.2, 0.25) is 0 Å². The molecule has 0 amide bonds. The molecule has 2 rings (SSSR count). The largest absolute Gasteiger partial charge is 0.416 e. The van der Waals surface area contributed by atoms with Gasteiger partial charge in [0, 0.05) is 6.04 Å². The lowest BCUT2D eigenvalue weighted by molar-refractivity contribution is -0.137. The van der Waals surface area contributed by atoms with E-state index in [-0.39, 0.29) is 6.04 Å². The van der Waals surface area contributed by atoms with Crippen LogP contribution in [0.3, 0.4) is 0 Å². The summed E-state index contributed by atoms with van der Waals surface area (Å²) in [5, 5.41) is 3.26. The van der Waals surface area contributed by atoms with Gasteiger partial charge in [-0.15, -0.1) is 0 Å². The second-order valence-electron chi connectivity index (χ2n) is 5.53. The minimum atomic E-state index is -4.26. The van der Waals surface area contributed by atoms with Crippen LogP contribution in [0.15, 0.2) is 24.3 Å². The Balaban J connectivity index is 2.11. The maximum atomic E-state index is 12.6. The zero-order valence-electron chi connectivity index (χ0n) is 11.9. The van der Waals surface area contributed by atoms with E-state index in [1.807, 2.05) is 7.05 Å². The van der Waals surface area contributed by atoms with Gasteiger partial charge >= 0.3 is 6.18 Å². The molecule has 0 aromatic heterocycles. The van der Waals surface area contributed by atoms with Crippen molar-refractivity contribution in [2.45, 2.75) is 25.1 Å². The number of nitrogens with one attached hydrogen (secondary N) is 1. The van der Waals surface area contributed by atoms with Crippen LogP contribution in [0.25, 0.3) is 0 Å². The van der Waals surface area contributed by atoms with Crippen LogP contribution in [-0.2, 0) is 6.18 Å². The number of hydrogen-bond donors (Lipinski definition) is 1. The van der Waals surface area contributed by atoms with Gasteiger partial charge in [0.25, 0.3) is 0 Å². The molecule has 0 bridgehead atoms. The number of piperidine rings is 1. The highest BCUT2D eigenvalue weighted by Crippen LogP contribution is 2.33. The van der Waals surface area contributed by atoms with Gasteiger partial charge in [0.05, 0.1) is 5.56 Å². The molecule has 5 heteroatoms. The highest BCUT2D eigenvalue weighted by atomic mass is 19.4. The van der Waals surface area contributed by atoms with Crippen molar-refractivity contribution in [3.63, 3.8) is 0 Å². The van der Waals surface area contributed by atoms with E-state index in [0.717, 1.165) is 31.5 Å². The summed E-state index contributed by atoms with van der Waals surface area (Å²) in [5.41, 5.74) is 0.356. The molecule has 1 aliphatic rings. The summed E-state index contributed by atoms with van der Waals surface area (Å²) in [7, 11) is 3.98. The lowest BCUT2D eigenvalue weighted by Gasteiger charge is -2.34. The smallest absolute Gasteiger partial charge is 0.313 e. The minimum Gasteiger partial charge on any atom is -0.313 e. The summed E-state index contributed by atoms with van der Waals surface area (Å²) in [4.78, 5) is 2.29. The maximum absolute atomic E-state index is 12.6. The summed E-state index contributed by atoms with van der Waals surface area (Å²) in [6, 6.07) is 5.68. The van der Waals surface area contributed by atoms with Crippen molar-refractivity contribution < 1.29 is 13.2 Å². The maximum Gasteiger partial charge on any atom is 0.416 e. The van der Waals surface area contributed by atoms with Crippen molar-refractivity contribution in [2.75, 3.05) is 27.2 Å². The number of hydrogen-bond acceptors (Lipinski definition) is 2. The van der Waals surface area contributed by atoms with E-state index in [1.165, 1.54) is 12.1 Å². The summed E-state index contributed by atoms with van der Waals surface area (Å²) in [6.07, 6.45) is -2.12. The van der Waals surface area contributed by atoms with E-state index in [9.17, 15) is 13.2 Å². The van der Waals surface area contributed by atoms with E-state index in [0.29, 0.717) is 5.92 Å². The Labute approximate surface area is 118 Å². The Kier molecular flexibility index (Phi) is 4.70. The van der Waals surface area contributed by atoms with E-state index in [4.69, 9.17) is 0 Å². The molecule has 1 heterocycles. The van der Waals surface area contributed by atoms with Crippen molar-refractivity contribution in [3.05, 3.63) is 35.4 Å². The van der Waals surface area contributed by atoms with Crippen LogP contribution < -0.4 is 5.32 Å². The minimum absolute atomic E-state index is 0.131. The van der Waals surface area contributed by atoms with Gasteiger partial charge in [0.15, 0.2) is 0 Å². The average Bonchev–Trinajstić information content (AvgIpc) is 2.41. The predicted molar refractivity (Wildman–Crippen MR) is 73.5 cm³/mol. The second kappa shape index (κ2) is 6.14. The van der Waals surface area contributed by atoms with Gasteiger partial charge in [0.1, 0.15) is 0 Å². The number of benzene rings is 1. The van der Waals surface area contributed by atoms with Crippen molar-refractivity contribution in [3.8, 4) is 0 Å². The molecule has 20 heavy (non-hydrogen) atoms. The van der Waals surface area contributed by atoms with Gasteiger partial charge in [-0.25, -0.2) is 0 Å². The third kappa shape index (κ3) is 3.52. The molecule has 1 unspecified atom stereocenters. The molecule has 1 atom stereocenters. The fourth-order valence-corrected chi connectivity index (χ4v) is 2.92. The fourth-order valence-electron chi connectivity index (χ4n) is 2.92. The van der Waals surface area contributed by atoms with Crippen LogP contribution in [0.5, 0.6) is 0 Å². The molecule has 1 saturated heterocycles. The zero-order chi connectivity index (χ0) is 14.8. The Morgan fingerprint density at radius 1 is 1.15 bits per heavy atom. The molecule has 112 valence electrons. The lowest BCUT2D eigenvalue weighted by Crippen LogP contribution is -2.36. The Morgan fingerprint density at radius 3 is 2.15 bits per heavy atom. The summed E-state index contributed by atoms with van der Waals surface area (Å²) in [6.45, 7) is 2.09. The molecular weight excluding hydrogens is 265 g/mol. The third-order valence-corrected chi connectivity index (χ3v) is 4.14. The first kappa shape index (κ1) is 15.3. The van der Waals surface area contributed by atoms with E-state index in [2.05, 4.69) is 17.3 Å². The standard InChI is InChI=1S/C15H21F3N2/c1-19-14(12-7-9-20(2)10-8-12)11-3-5-13(6-4-11)15(16,17)18/h3-6,12,14,19H,7-10H2,1-2H3. The van der Waals surface area contributed by atoms with Gasteiger partial charge in [-0.2, -0.15) is 13.2 Å². The first-order chi connectivity index (χ1) is 9.41. The molecule has 0 spiro atoms. The van der Waals surface area contributed by atoms with Crippen LogP contribution in [0.1, 0.15) is 30.0 Å². The van der Waals surface area contributed by atoms with Crippen LogP contribution >= 0.6 is 0 Å². The molecule has 1 fully saturated rings. The summed E-state index contributed by atoms with van der Waals surface area (Å²) >= 11 is 0. The van der Waals surface area contributed by atoms with E-state index < -0.39 is 11.7 Å². The van der Waals surface area contributed by atoms with Crippen molar-refractivity contribution in [2.24, 2.45) is 5.92 Å². The molecular formula is C15H21F3N2. The van der Waals surface area contributed by atoms with Crippen LogP contribution in [0.4, 0.5) is 13.2 Å². The molecule has 1 aromatic carbocycles. The van der Waals surface area contributed by atoms with Gasteiger partial charge in [-0.3, -0.25) is 0 Å². The summed E-state index contributed by atoms with van der Waals surface area (Å²) < 4.78 is 37.7. The van der Waals surface area contributed by atoms with Gasteiger partial charge in [-0.1, -0.05) is 12.1 Å². The monoisotopic (exact) mass is 286 g/mol. The Hall–Kier alpha value is -1.07. The molecule has 0 radical (unpaired) electrons. The molecule has 1 aliphatic heterocycles. The number of nitrogens with zero attached hydrogens (tertiary/aromatic N) is 1. The Bertz CT molecular complexity index is 420. The van der Waals surface area contributed by atoms with Crippen LogP contribution in [0, 0.1) is 5.92 Å². The van der Waals surface area contributed by atoms with Crippen LogP contribution in [-0.4, -0.2) is 32.1 Å². The third-order valence-electron chi connectivity index (χ3n) is 4.14. The number of halogens is 3. The van der Waals surface area contributed by atoms with E-state index >= 15 is 0 Å². The highest BCUT2D eigenvalue weighted by Gasteiger charge is 2.31. The van der Waals surface area contributed by atoms with Gasteiger partial charge in [-0.05, 0) is 63.6 Å². The first-order valence-electron chi connectivity index (χ1n) is 6.95. The lowest BCUT2D eigenvalue weighted by atomic mass is 9.85. The molecule has 0 aliphatic carbocycles. The first-order valence-corrected chi connectivity index (χ1v) is 6.95. The zero-order valence-corrected chi connectivity index (χ0v) is 11.9. The molecule has 1 N–H and O–H groups in total. The fraction of sp³-hybridized carbons (Fsp3) is 0.600. The topological polar surface area (TPSA) is 15.3 Å². The molecule has 0 saturated carbocycles. The second-order valence-corrected chi connectivity index (χ2v) is 5.53. The van der Waals surface area contributed by atoms with E-state index in [1.54, 1.807) is 12.1 Å². The molecule has 2 nitrogen and oxygen atoms in total. The predicted octanol–water partition coefficient (Wildman–Crippen LogP) is 3.31. The van der Waals surface area contributed by atoms with Crippen molar-refractivity contribution in [1.82, 2.24) is 10.2 Å². The normalized spacial score (nSPS) is 20.1. The average molecular weight is 286 g/mol. The number of rotatable bonds is 3. The summed E-state index contributed by atoms with van der Waals surface area (Å²) in [5.74, 6) is 0.480. The Morgan fingerprint density at radius 2 is 1.70 bits per heavy atom. The number of alkyl halides is 3. The highest BCUT2D eigenvalue weighted by molar-refractivity contribution is 5.27.